The lowest BCUT2D eigenvalue weighted by Crippen LogP contribution is -2.22. The van der Waals surface area contributed by atoms with Gasteiger partial charge in [0.05, 0.1) is 28.5 Å². The molecular weight excluding hydrogens is 304 g/mol. The zero-order chi connectivity index (χ0) is 17.3. The van der Waals surface area contributed by atoms with Crippen LogP contribution in [0.2, 0.25) is 0 Å². The number of carbonyl (C=O) groups is 1. The molecule has 1 N–H and O–H groups in total. The predicted molar refractivity (Wildman–Crippen MR) is 92.6 cm³/mol. The van der Waals surface area contributed by atoms with Gasteiger partial charge in [0.25, 0.3) is 0 Å². The van der Waals surface area contributed by atoms with E-state index in [0.29, 0.717) is 0 Å². The number of aromatic carboxylic acids is 1. The van der Waals surface area contributed by atoms with Gasteiger partial charge in [0.15, 0.2) is 0 Å². The van der Waals surface area contributed by atoms with Crippen LogP contribution in [0.5, 0.6) is 0 Å². The van der Waals surface area contributed by atoms with E-state index in [4.69, 9.17) is 5.11 Å². The van der Waals surface area contributed by atoms with Gasteiger partial charge in [-0.25, -0.2) is 14.5 Å². The Morgan fingerprint density at radius 2 is 1.88 bits per heavy atom. The number of carboxylic acids is 1. The van der Waals surface area contributed by atoms with Crippen LogP contribution >= 0.6 is 0 Å². The molecule has 6 heteroatoms. The van der Waals surface area contributed by atoms with Crippen LogP contribution < -0.4 is 0 Å². The van der Waals surface area contributed by atoms with Crippen molar-refractivity contribution < 1.29 is 9.90 Å². The van der Waals surface area contributed by atoms with E-state index in [9.17, 15) is 4.79 Å². The Morgan fingerprint density at radius 3 is 2.54 bits per heavy atom. The highest BCUT2D eigenvalue weighted by Gasteiger charge is 2.14. The minimum Gasteiger partial charge on any atom is -0.478 e. The summed E-state index contributed by atoms with van der Waals surface area (Å²) in [6.45, 7) is 6.18. The van der Waals surface area contributed by atoms with Crippen molar-refractivity contribution >= 4 is 29.0 Å². The Morgan fingerprint density at radius 1 is 1.12 bits per heavy atom. The first-order valence-corrected chi connectivity index (χ1v) is 7.58. The number of hydrogen-bond donors (Lipinski definition) is 1. The molecule has 0 aliphatic rings. The van der Waals surface area contributed by atoms with Gasteiger partial charge in [-0.2, -0.15) is 0 Å². The molecule has 0 atom stereocenters. The van der Waals surface area contributed by atoms with Crippen molar-refractivity contribution in [3.8, 4) is 0 Å². The molecule has 0 saturated heterocycles. The van der Waals surface area contributed by atoms with Gasteiger partial charge in [0.2, 0.25) is 0 Å². The van der Waals surface area contributed by atoms with Crippen LogP contribution in [0.25, 0.3) is 23.1 Å². The number of benzene rings is 1. The number of carboxylic acid groups (broad SMARTS) is 1. The average Bonchev–Trinajstić information content (AvgIpc) is 3.01. The quantitative estimate of drug-likeness (QED) is 0.799. The second-order valence-electron chi connectivity index (χ2n) is 6.54. The molecular formula is C18H18N4O2. The molecule has 0 fully saturated rings. The molecule has 0 amide bonds. The maximum Gasteiger partial charge on any atom is 0.335 e. The lowest BCUT2D eigenvalue weighted by Gasteiger charge is -2.17. The summed E-state index contributed by atoms with van der Waals surface area (Å²) < 4.78 is 1.81. The van der Waals surface area contributed by atoms with Crippen molar-refractivity contribution in [1.82, 2.24) is 20.0 Å². The highest BCUT2D eigenvalue weighted by atomic mass is 16.4. The second-order valence-corrected chi connectivity index (χ2v) is 6.54. The van der Waals surface area contributed by atoms with Gasteiger partial charge in [-0.15, -0.1) is 5.10 Å². The van der Waals surface area contributed by atoms with Crippen molar-refractivity contribution in [2.45, 2.75) is 26.3 Å². The Labute approximate surface area is 139 Å². The second kappa shape index (κ2) is 5.88. The van der Waals surface area contributed by atoms with E-state index < -0.39 is 5.97 Å². The molecule has 1 aromatic carbocycles. The molecule has 0 radical (unpaired) electrons. The first kappa shape index (κ1) is 15.9. The maximum absolute atomic E-state index is 11.0. The van der Waals surface area contributed by atoms with Gasteiger partial charge in [-0.3, -0.25) is 0 Å². The number of hydrogen-bond acceptors (Lipinski definition) is 4. The van der Waals surface area contributed by atoms with Crippen LogP contribution in [0.4, 0.5) is 0 Å². The first-order chi connectivity index (χ1) is 11.3. The number of nitrogens with zero attached hydrogens (tertiary/aromatic N) is 4. The normalized spacial score (nSPS) is 12.1. The lowest BCUT2D eigenvalue weighted by atomic mass is 10.1. The third-order valence-electron chi connectivity index (χ3n) is 3.58. The molecule has 122 valence electrons. The fourth-order valence-electron chi connectivity index (χ4n) is 2.22. The van der Waals surface area contributed by atoms with Gasteiger partial charge >= 0.3 is 5.97 Å². The molecule has 0 saturated carbocycles. The van der Waals surface area contributed by atoms with Crippen molar-refractivity contribution in [3.63, 3.8) is 0 Å². The monoisotopic (exact) mass is 322 g/mol. The highest BCUT2D eigenvalue weighted by Crippen LogP contribution is 2.17. The summed E-state index contributed by atoms with van der Waals surface area (Å²) >= 11 is 0. The molecule has 6 nitrogen and oxygen atoms in total. The van der Waals surface area contributed by atoms with Crippen LogP contribution in [-0.4, -0.2) is 31.1 Å². The molecule has 0 unspecified atom stereocenters. The molecule has 2 heterocycles. The van der Waals surface area contributed by atoms with Crippen molar-refractivity contribution in [2.24, 2.45) is 0 Å². The Kier molecular flexibility index (Phi) is 3.89. The third-order valence-corrected chi connectivity index (χ3v) is 3.58. The minimum absolute atomic E-state index is 0.109. The largest absolute Gasteiger partial charge is 0.478 e. The summed E-state index contributed by atoms with van der Waals surface area (Å²) in [6, 6.07) is 8.60. The minimum atomic E-state index is -0.942. The van der Waals surface area contributed by atoms with E-state index in [2.05, 4.69) is 36.1 Å². The van der Waals surface area contributed by atoms with Gasteiger partial charge in [-0.1, -0.05) is 11.3 Å². The topological polar surface area (TPSA) is 80.9 Å². The van der Waals surface area contributed by atoms with Crippen LogP contribution in [0.1, 0.15) is 42.5 Å². The maximum atomic E-state index is 11.0. The molecule has 3 aromatic rings. The fourth-order valence-corrected chi connectivity index (χ4v) is 2.22. The lowest BCUT2D eigenvalue weighted by molar-refractivity contribution is 0.0697. The van der Waals surface area contributed by atoms with Gasteiger partial charge in [-0.05, 0) is 57.2 Å². The highest BCUT2D eigenvalue weighted by molar-refractivity contribution is 5.93. The summed E-state index contributed by atoms with van der Waals surface area (Å²) in [4.78, 5) is 15.5. The van der Waals surface area contributed by atoms with E-state index in [-0.39, 0.29) is 11.1 Å². The average molecular weight is 322 g/mol. The Bertz CT molecular complexity index is 936. The zero-order valence-electron chi connectivity index (χ0n) is 13.8. The van der Waals surface area contributed by atoms with Gasteiger partial charge in [0, 0.05) is 5.39 Å². The van der Waals surface area contributed by atoms with Crippen molar-refractivity contribution in [1.29, 1.82) is 0 Å². The summed E-state index contributed by atoms with van der Waals surface area (Å²) in [5, 5.41) is 18.1. The molecule has 2 aromatic heterocycles. The number of fused-ring (bicyclic) bond motifs is 1. The van der Waals surface area contributed by atoms with Crippen molar-refractivity contribution in [3.05, 3.63) is 53.5 Å². The zero-order valence-corrected chi connectivity index (χ0v) is 13.8. The van der Waals surface area contributed by atoms with Gasteiger partial charge in [0.1, 0.15) is 5.69 Å². The summed E-state index contributed by atoms with van der Waals surface area (Å²) in [6.07, 6.45) is 5.60. The smallest absolute Gasteiger partial charge is 0.335 e. The first-order valence-electron chi connectivity index (χ1n) is 7.58. The van der Waals surface area contributed by atoms with E-state index in [0.717, 1.165) is 22.3 Å². The SMILES string of the molecule is CC(C)(C)n1cc(/C=C/c2ccc3cc(C(=O)O)ccc3n2)nn1. The Hall–Kier alpha value is -3.02. The van der Waals surface area contributed by atoms with Crippen LogP contribution in [0.15, 0.2) is 36.5 Å². The fraction of sp³-hybridized carbons (Fsp3) is 0.222. The van der Waals surface area contributed by atoms with Crippen LogP contribution in [-0.2, 0) is 5.54 Å². The molecule has 0 spiro atoms. The molecule has 3 rings (SSSR count). The summed E-state index contributed by atoms with van der Waals surface area (Å²) in [5.74, 6) is -0.942. The standard InChI is InChI=1S/C18H18N4O2/c1-18(2,3)22-11-15(20-21-22)8-7-14-6-4-12-10-13(17(23)24)5-9-16(12)19-14/h4-11H,1-3H3,(H,23,24)/b8-7+. The van der Waals surface area contributed by atoms with Crippen LogP contribution in [0, 0.1) is 0 Å². The summed E-state index contributed by atoms with van der Waals surface area (Å²) in [5.41, 5.74) is 2.43. The van der Waals surface area contributed by atoms with E-state index in [1.807, 2.05) is 35.2 Å². The molecule has 0 bridgehead atoms. The predicted octanol–water partition coefficient (Wildman–Crippen LogP) is 3.45. The van der Waals surface area contributed by atoms with E-state index >= 15 is 0 Å². The van der Waals surface area contributed by atoms with Crippen molar-refractivity contribution in [2.75, 3.05) is 0 Å². The number of rotatable bonds is 3. The van der Waals surface area contributed by atoms with E-state index in [1.54, 1.807) is 18.2 Å². The Balaban J connectivity index is 1.86. The molecule has 0 aliphatic heterocycles. The van der Waals surface area contributed by atoms with Crippen LogP contribution in [0.3, 0.4) is 0 Å². The van der Waals surface area contributed by atoms with E-state index in [1.165, 1.54) is 0 Å². The third kappa shape index (κ3) is 3.32. The number of aromatic nitrogens is 4. The van der Waals surface area contributed by atoms with Gasteiger partial charge < -0.3 is 5.11 Å². The summed E-state index contributed by atoms with van der Waals surface area (Å²) in [7, 11) is 0. The number of pyridine rings is 1. The molecule has 24 heavy (non-hydrogen) atoms. The molecule has 0 aliphatic carbocycles.